The Morgan fingerprint density at radius 2 is 2.24 bits per heavy atom. The minimum absolute atomic E-state index is 0.182. The highest BCUT2D eigenvalue weighted by atomic mass is 16.3. The van der Waals surface area contributed by atoms with E-state index in [2.05, 4.69) is 10.6 Å². The molecule has 1 aromatic rings. The molecular weight excluding hydrogens is 220 g/mol. The summed E-state index contributed by atoms with van der Waals surface area (Å²) in [6.07, 6.45) is 3.37. The topological polar surface area (TPSA) is 71.3 Å². The van der Waals surface area contributed by atoms with Crippen molar-refractivity contribution in [3.05, 3.63) is 24.2 Å². The van der Waals surface area contributed by atoms with Gasteiger partial charge in [-0.05, 0) is 25.5 Å². The molecule has 0 spiro atoms. The zero-order chi connectivity index (χ0) is 12.7. The Balaban J connectivity index is 2.35. The first kappa shape index (κ1) is 13.3. The monoisotopic (exact) mass is 238 g/mol. The highest BCUT2D eigenvalue weighted by molar-refractivity contribution is 5.95. The van der Waals surface area contributed by atoms with Crippen LogP contribution >= 0.6 is 0 Å². The van der Waals surface area contributed by atoms with E-state index in [0.29, 0.717) is 6.54 Å². The van der Waals surface area contributed by atoms with Crippen LogP contribution in [0.4, 0.5) is 0 Å². The number of carbonyl (C=O) groups is 2. The van der Waals surface area contributed by atoms with Gasteiger partial charge in [0.1, 0.15) is 6.04 Å². The van der Waals surface area contributed by atoms with Crippen LogP contribution in [0.2, 0.25) is 0 Å². The lowest BCUT2D eigenvalue weighted by Gasteiger charge is -2.12. The molecule has 0 fully saturated rings. The van der Waals surface area contributed by atoms with Crippen molar-refractivity contribution in [2.75, 3.05) is 6.54 Å². The fourth-order valence-electron chi connectivity index (χ4n) is 1.28. The summed E-state index contributed by atoms with van der Waals surface area (Å²) in [5, 5.41) is 5.31. The molecule has 2 N–H and O–H groups in total. The van der Waals surface area contributed by atoms with Gasteiger partial charge in [0.2, 0.25) is 5.91 Å². The van der Waals surface area contributed by atoms with Crippen molar-refractivity contribution in [1.29, 1.82) is 0 Å². The molecule has 2 amide bonds. The van der Waals surface area contributed by atoms with Crippen molar-refractivity contribution in [3.8, 4) is 0 Å². The summed E-state index contributed by atoms with van der Waals surface area (Å²) in [5.74, 6) is -0.357. The molecule has 0 aliphatic heterocycles. The third kappa shape index (κ3) is 4.30. The molecule has 1 aromatic heterocycles. The van der Waals surface area contributed by atoms with E-state index in [1.54, 1.807) is 19.1 Å². The Kier molecular flexibility index (Phi) is 5.26. The van der Waals surface area contributed by atoms with Crippen LogP contribution in [0.1, 0.15) is 37.2 Å². The van der Waals surface area contributed by atoms with Crippen LogP contribution < -0.4 is 10.6 Å². The molecule has 5 heteroatoms. The summed E-state index contributed by atoms with van der Waals surface area (Å²) in [7, 11) is 0. The second kappa shape index (κ2) is 6.73. The number of amides is 2. The van der Waals surface area contributed by atoms with Gasteiger partial charge in [-0.2, -0.15) is 0 Å². The van der Waals surface area contributed by atoms with Gasteiger partial charge < -0.3 is 15.1 Å². The standard InChI is InChI=1S/C12H18N2O3/c1-3-4-7-13-11(15)9(2)14-12(16)10-6-5-8-17-10/h5-6,8-9H,3-4,7H2,1-2H3,(H,13,15)(H,14,16)/t9-/m0/s1. The summed E-state index contributed by atoms with van der Waals surface area (Å²) in [6, 6.07) is 2.61. The van der Waals surface area contributed by atoms with E-state index in [1.165, 1.54) is 6.26 Å². The maximum absolute atomic E-state index is 11.6. The van der Waals surface area contributed by atoms with Gasteiger partial charge in [0.15, 0.2) is 5.76 Å². The lowest BCUT2D eigenvalue weighted by atomic mass is 10.2. The number of hydrogen-bond acceptors (Lipinski definition) is 3. The second-order valence-corrected chi connectivity index (χ2v) is 3.82. The minimum Gasteiger partial charge on any atom is -0.459 e. The molecule has 0 aliphatic carbocycles. The molecule has 94 valence electrons. The number of unbranched alkanes of at least 4 members (excludes halogenated alkanes) is 1. The fraction of sp³-hybridized carbons (Fsp3) is 0.500. The predicted octanol–water partition coefficient (Wildman–Crippen LogP) is 1.31. The van der Waals surface area contributed by atoms with Crippen molar-refractivity contribution in [2.45, 2.75) is 32.7 Å². The maximum atomic E-state index is 11.6. The minimum atomic E-state index is -0.565. The smallest absolute Gasteiger partial charge is 0.287 e. The molecule has 1 heterocycles. The van der Waals surface area contributed by atoms with Gasteiger partial charge in [0, 0.05) is 6.54 Å². The molecular formula is C12H18N2O3. The molecule has 0 saturated heterocycles. The van der Waals surface area contributed by atoms with Crippen molar-refractivity contribution in [1.82, 2.24) is 10.6 Å². The van der Waals surface area contributed by atoms with Crippen molar-refractivity contribution >= 4 is 11.8 Å². The summed E-state index contributed by atoms with van der Waals surface area (Å²) < 4.78 is 4.93. The van der Waals surface area contributed by atoms with E-state index in [4.69, 9.17) is 4.42 Å². The Morgan fingerprint density at radius 3 is 2.82 bits per heavy atom. The number of hydrogen-bond donors (Lipinski definition) is 2. The van der Waals surface area contributed by atoms with Crippen LogP contribution in [0.25, 0.3) is 0 Å². The van der Waals surface area contributed by atoms with E-state index in [0.717, 1.165) is 12.8 Å². The molecule has 1 atom stereocenters. The van der Waals surface area contributed by atoms with Gasteiger partial charge in [0.05, 0.1) is 6.26 Å². The molecule has 1 rings (SSSR count). The first-order valence-corrected chi connectivity index (χ1v) is 5.77. The zero-order valence-electron chi connectivity index (χ0n) is 10.2. The zero-order valence-corrected chi connectivity index (χ0v) is 10.2. The lowest BCUT2D eigenvalue weighted by molar-refractivity contribution is -0.122. The van der Waals surface area contributed by atoms with Gasteiger partial charge in [0.25, 0.3) is 5.91 Å². The van der Waals surface area contributed by atoms with Crippen molar-refractivity contribution in [2.24, 2.45) is 0 Å². The fourth-order valence-corrected chi connectivity index (χ4v) is 1.28. The van der Waals surface area contributed by atoms with E-state index in [-0.39, 0.29) is 17.6 Å². The normalized spacial score (nSPS) is 11.9. The highest BCUT2D eigenvalue weighted by Crippen LogP contribution is 1.99. The van der Waals surface area contributed by atoms with Crippen LogP contribution in [0, 0.1) is 0 Å². The SMILES string of the molecule is CCCCNC(=O)[C@H](C)NC(=O)c1ccco1. The van der Waals surface area contributed by atoms with Crippen molar-refractivity contribution in [3.63, 3.8) is 0 Å². The number of nitrogens with one attached hydrogen (secondary N) is 2. The van der Waals surface area contributed by atoms with E-state index >= 15 is 0 Å². The number of furan rings is 1. The molecule has 0 unspecified atom stereocenters. The maximum Gasteiger partial charge on any atom is 0.287 e. The number of carbonyl (C=O) groups excluding carboxylic acids is 2. The molecule has 0 bridgehead atoms. The average Bonchev–Trinajstić information content (AvgIpc) is 2.82. The predicted molar refractivity (Wildman–Crippen MR) is 63.6 cm³/mol. The third-order valence-electron chi connectivity index (χ3n) is 2.32. The van der Waals surface area contributed by atoms with Crippen LogP contribution in [-0.2, 0) is 4.79 Å². The molecule has 0 aromatic carbocycles. The Bertz CT molecular complexity index is 360. The second-order valence-electron chi connectivity index (χ2n) is 3.82. The first-order valence-electron chi connectivity index (χ1n) is 5.77. The molecule has 0 aliphatic rings. The number of rotatable bonds is 6. The van der Waals surface area contributed by atoms with Gasteiger partial charge >= 0.3 is 0 Å². The Hall–Kier alpha value is -1.78. The summed E-state index contributed by atoms with van der Waals surface area (Å²) >= 11 is 0. The summed E-state index contributed by atoms with van der Waals surface area (Å²) in [5.41, 5.74) is 0. The van der Waals surface area contributed by atoms with E-state index < -0.39 is 6.04 Å². The van der Waals surface area contributed by atoms with Crippen LogP contribution in [-0.4, -0.2) is 24.4 Å². The van der Waals surface area contributed by atoms with E-state index in [9.17, 15) is 9.59 Å². The molecule has 5 nitrogen and oxygen atoms in total. The molecule has 0 saturated carbocycles. The van der Waals surface area contributed by atoms with Crippen LogP contribution in [0.5, 0.6) is 0 Å². The van der Waals surface area contributed by atoms with Gasteiger partial charge in [-0.25, -0.2) is 0 Å². The van der Waals surface area contributed by atoms with Gasteiger partial charge in [-0.15, -0.1) is 0 Å². The van der Waals surface area contributed by atoms with Crippen LogP contribution in [0.15, 0.2) is 22.8 Å². The summed E-state index contributed by atoms with van der Waals surface area (Å²) in [6.45, 7) is 4.33. The Morgan fingerprint density at radius 1 is 1.47 bits per heavy atom. The largest absolute Gasteiger partial charge is 0.459 e. The van der Waals surface area contributed by atoms with E-state index in [1.807, 2.05) is 6.92 Å². The molecule has 0 radical (unpaired) electrons. The highest BCUT2D eigenvalue weighted by Gasteiger charge is 2.17. The average molecular weight is 238 g/mol. The van der Waals surface area contributed by atoms with Crippen molar-refractivity contribution < 1.29 is 14.0 Å². The first-order chi connectivity index (χ1) is 8.15. The lowest BCUT2D eigenvalue weighted by Crippen LogP contribution is -2.44. The third-order valence-corrected chi connectivity index (χ3v) is 2.32. The van der Waals surface area contributed by atoms with Crippen LogP contribution in [0.3, 0.4) is 0 Å². The van der Waals surface area contributed by atoms with Gasteiger partial charge in [-0.1, -0.05) is 13.3 Å². The summed E-state index contributed by atoms with van der Waals surface area (Å²) in [4.78, 5) is 23.1. The van der Waals surface area contributed by atoms with Gasteiger partial charge in [-0.3, -0.25) is 9.59 Å². The molecule has 17 heavy (non-hydrogen) atoms. The Labute approximate surface area is 101 Å². The quantitative estimate of drug-likeness (QED) is 0.734.